The lowest BCUT2D eigenvalue weighted by atomic mass is 10.0. The highest BCUT2D eigenvalue weighted by molar-refractivity contribution is 5.80. The topological polar surface area (TPSA) is 58.6 Å². The van der Waals surface area contributed by atoms with Crippen molar-refractivity contribution in [3.63, 3.8) is 0 Å². The van der Waals surface area contributed by atoms with Crippen molar-refractivity contribution in [1.82, 2.24) is 10.2 Å². The molecule has 1 saturated heterocycles. The van der Waals surface area contributed by atoms with Crippen LogP contribution in [0.4, 0.5) is 4.79 Å². The molecule has 138 valence electrons. The number of rotatable bonds is 6. The second-order valence-corrected chi connectivity index (χ2v) is 8.09. The minimum atomic E-state index is -0.519. The Morgan fingerprint density at radius 3 is 2.21 bits per heavy atom. The van der Waals surface area contributed by atoms with E-state index in [2.05, 4.69) is 19.2 Å². The summed E-state index contributed by atoms with van der Waals surface area (Å²) in [5.74, 6) is 0.432. The van der Waals surface area contributed by atoms with Crippen LogP contribution in [-0.2, 0) is 9.53 Å². The molecule has 0 spiro atoms. The van der Waals surface area contributed by atoms with Gasteiger partial charge in [0.25, 0.3) is 0 Å². The van der Waals surface area contributed by atoms with Gasteiger partial charge >= 0.3 is 6.09 Å². The lowest BCUT2D eigenvalue weighted by Gasteiger charge is -2.23. The molecule has 1 N–H and O–H groups in total. The van der Waals surface area contributed by atoms with Gasteiger partial charge in [0.1, 0.15) is 5.60 Å². The van der Waals surface area contributed by atoms with Gasteiger partial charge in [-0.15, -0.1) is 0 Å². The van der Waals surface area contributed by atoms with Crippen molar-refractivity contribution in [2.45, 2.75) is 72.4 Å². The van der Waals surface area contributed by atoms with Crippen LogP contribution < -0.4 is 5.32 Å². The third-order valence-electron chi connectivity index (χ3n) is 3.87. The summed E-state index contributed by atoms with van der Waals surface area (Å²) < 4.78 is 5.33. The summed E-state index contributed by atoms with van der Waals surface area (Å²) in [6.45, 7) is 13.4. The third-order valence-corrected chi connectivity index (χ3v) is 3.87. The maximum atomic E-state index is 12.4. The van der Waals surface area contributed by atoms with Crippen molar-refractivity contribution in [3.8, 4) is 0 Å². The van der Waals surface area contributed by atoms with Crippen LogP contribution in [0.3, 0.4) is 0 Å². The summed E-state index contributed by atoms with van der Waals surface area (Å²) in [7, 11) is 0. The average molecular weight is 338 g/mol. The Kier molecular flexibility index (Phi) is 7.77. The zero-order valence-electron chi connectivity index (χ0n) is 16.1. The summed E-state index contributed by atoms with van der Waals surface area (Å²) in [5.41, 5.74) is -0.519. The Labute approximate surface area is 146 Å². The van der Waals surface area contributed by atoms with Gasteiger partial charge in [-0.1, -0.05) is 32.9 Å². The van der Waals surface area contributed by atoms with E-state index in [9.17, 15) is 9.59 Å². The fourth-order valence-corrected chi connectivity index (χ4v) is 2.76. The van der Waals surface area contributed by atoms with Crippen LogP contribution >= 0.6 is 0 Å². The van der Waals surface area contributed by atoms with Gasteiger partial charge in [-0.05, 0) is 46.0 Å². The first-order valence-corrected chi connectivity index (χ1v) is 9.05. The van der Waals surface area contributed by atoms with Gasteiger partial charge in [0, 0.05) is 13.1 Å². The minimum Gasteiger partial charge on any atom is -0.444 e. The second kappa shape index (κ2) is 9.09. The van der Waals surface area contributed by atoms with Crippen LogP contribution in [0.1, 0.15) is 60.8 Å². The summed E-state index contributed by atoms with van der Waals surface area (Å²) >= 11 is 0. The molecule has 1 aliphatic rings. The first kappa shape index (κ1) is 20.5. The molecule has 2 atom stereocenters. The van der Waals surface area contributed by atoms with E-state index in [1.54, 1.807) is 0 Å². The number of carbonyl (C=O) groups is 2. The number of hydrogen-bond acceptors (Lipinski definition) is 3. The number of amides is 2. The fourth-order valence-electron chi connectivity index (χ4n) is 2.76. The normalized spacial score (nSPS) is 18.0. The van der Waals surface area contributed by atoms with E-state index < -0.39 is 11.7 Å². The Morgan fingerprint density at radius 2 is 1.71 bits per heavy atom. The molecule has 0 bridgehead atoms. The Bertz CT molecular complexity index is 446. The van der Waals surface area contributed by atoms with Crippen LogP contribution in [0, 0.1) is 11.8 Å². The smallest absolute Gasteiger partial charge is 0.408 e. The number of nitrogens with zero attached hydrogens (tertiary/aromatic N) is 1. The molecule has 1 heterocycles. The Balaban J connectivity index is 2.63. The largest absolute Gasteiger partial charge is 0.444 e. The zero-order valence-corrected chi connectivity index (χ0v) is 16.1. The fraction of sp³-hybridized carbons (Fsp3) is 0.789. The van der Waals surface area contributed by atoms with Gasteiger partial charge in [-0.2, -0.15) is 0 Å². The van der Waals surface area contributed by atoms with E-state index in [4.69, 9.17) is 4.74 Å². The van der Waals surface area contributed by atoms with Gasteiger partial charge < -0.3 is 15.0 Å². The molecule has 0 aliphatic carbocycles. The van der Waals surface area contributed by atoms with Gasteiger partial charge in [0.2, 0.25) is 5.91 Å². The number of nitrogens with one attached hydrogen (secondary N) is 1. The first-order valence-electron chi connectivity index (χ1n) is 9.05. The van der Waals surface area contributed by atoms with Crippen molar-refractivity contribution in [3.05, 3.63) is 12.2 Å². The quantitative estimate of drug-likeness (QED) is 0.751. The van der Waals surface area contributed by atoms with Crippen molar-refractivity contribution < 1.29 is 14.3 Å². The van der Waals surface area contributed by atoms with E-state index in [0.717, 1.165) is 32.4 Å². The molecular weight excluding hydrogens is 304 g/mol. The first-order chi connectivity index (χ1) is 11.1. The molecule has 5 heteroatoms. The maximum Gasteiger partial charge on any atom is 0.408 e. The molecule has 2 amide bonds. The van der Waals surface area contributed by atoms with Gasteiger partial charge in [-0.25, -0.2) is 4.79 Å². The standard InChI is InChI=1S/C19H34N2O3/c1-14(2)13-16(20-18(23)24-19(4,5)6)10-9-15(3)17(22)21-11-7-8-12-21/h9-10,14-16H,7-8,11-13H2,1-6H3,(H,20,23)/b10-9+/t15-,16-/m1/s1. The van der Waals surface area contributed by atoms with Crippen molar-refractivity contribution >= 4 is 12.0 Å². The molecular formula is C19H34N2O3. The zero-order chi connectivity index (χ0) is 18.3. The molecule has 0 unspecified atom stereocenters. The minimum absolute atomic E-state index is 0.131. The summed E-state index contributed by atoms with van der Waals surface area (Å²) in [4.78, 5) is 26.3. The number of carbonyl (C=O) groups excluding carboxylic acids is 2. The van der Waals surface area contributed by atoms with E-state index >= 15 is 0 Å². The van der Waals surface area contributed by atoms with E-state index in [-0.39, 0.29) is 17.9 Å². The Morgan fingerprint density at radius 1 is 1.12 bits per heavy atom. The SMILES string of the molecule is CC(C)C[C@@H](/C=C/[C@@H](C)C(=O)N1CCCC1)NC(=O)OC(C)(C)C. The van der Waals surface area contributed by atoms with Crippen molar-refractivity contribution in [2.24, 2.45) is 11.8 Å². The second-order valence-electron chi connectivity index (χ2n) is 8.09. The predicted molar refractivity (Wildman–Crippen MR) is 96.7 cm³/mol. The lowest BCUT2D eigenvalue weighted by Crippen LogP contribution is -2.39. The van der Waals surface area contributed by atoms with Crippen LogP contribution in [0.25, 0.3) is 0 Å². The predicted octanol–water partition coefficient (Wildman–Crippen LogP) is 3.74. The van der Waals surface area contributed by atoms with Crippen LogP contribution in [-0.4, -0.2) is 41.6 Å². The van der Waals surface area contributed by atoms with Crippen LogP contribution in [0.5, 0.6) is 0 Å². The van der Waals surface area contributed by atoms with Gasteiger partial charge in [0.15, 0.2) is 0 Å². The third kappa shape index (κ3) is 7.84. The van der Waals surface area contributed by atoms with Gasteiger partial charge in [0.05, 0.1) is 12.0 Å². The highest BCUT2D eigenvalue weighted by Gasteiger charge is 2.22. The molecule has 1 aliphatic heterocycles. The number of alkyl carbamates (subject to hydrolysis) is 1. The molecule has 1 rings (SSSR count). The van der Waals surface area contributed by atoms with Crippen molar-refractivity contribution in [2.75, 3.05) is 13.1 Å². The lowest BCUT2D eigenvalue weighted by molar-refractivity contribution is -0.132. The molecule has 0 saturated carbocycles. The van der Waals surface area contributed by atoms with Crippen LogP contribution in [0.2, 0.25) is 0 Å². The molecule has 0 aromatic rings. The molecule has 1 fully saturated rings. The molecule has 24 heavy (non-hydrogen) atoms. The highest BCUT2D eigenvalue weighted by atomic mass is 16.6. The molecule has 0 aromatic heterocycles. The Hall–Kier alpha value is -1.52. The van der Waals surface area contributed by atoms with Gasteiger partial charge in [-0.3, -0.25) is 4.79 Å². The number of likely N-dealkylation sites (tertiary alicyclic amines) is 1. The molecule has 0 radical (unpaired) electrons. The average Bonchev–Trinajstić information content (AvgIpc) is 2.94. The molecule has 0 aromatic carbocycles. The van der Waals surface area contributed by atoms with Crippen LogP contribution in [0.15, 0.2) is 12.2 Å². The van der Waals surface area contributed by atoms with E-state index in [1.165, 1.54) is 0 Å². The summed E-state index contributed by atoms with van der Waals surface area (Å²) in [6.07, 6.45) is 6.42. The van der Waals surface area contributed by atoms with E-state index in [1.807, 2.05) is 44.7 Å². The number of ether oxygens (including phenoxy) is 1. The summed E-state index contributed by atoms with van der Waals surface area (Å²) in [5, 5.41) is 2.90. The molecule has 5 nitrogen and oxygen atoms in total. The van der Waals surface area contributed by atoms with E-state index in [0.29, 0.717) is 5.92 Å². The maximum absolute atomic E-state index is 12.4. The van der Waals surface area contributed by atoms with Crippen molar-refractivity contribution in [1.29, 1.82) is 0 Å². The highest BCUT2D eigenvalue weighted by Crippen LogP contribution is 2.14. The number of hydrogen-bond donors (Lipinski definition) is 1. The monoisotopic (exact) mass is 338 g/mol. The summed E-state index contributed by atoms with van der Waals surface area (Å²) in [6, 6.07) is -0.131.